The number of benzene rings is 1. The molecule has 1 fully saturated rings. The van der Waals surface area contributed by atoms with Crippen molar-refractivity contribution < 1.29 is 0 Å². The van der Waals surface area contributed by atoms with Gasteiger partial charge in [0.2, 0.25) is 0 Å². The Labute approximate surface area is 124 Å². The number of hydrogen-bond acceptors (Lipinski definition) is 2. The summed E-state index contributed by atoms with van der Waals surface area (Å²) in [6.07, 6.45) is 3.82. The minimum Gasteiger partial charge on any atom is -0.309 e. The Kier molecular flexibility index (Phi) is 3.84. The van der Waals surface area contributed by atoms with Crippen LogP contribution in [-0.4, -0.2) is 6.04 Å². The second-order valence-electron chi connectivity index (χ2n) is 5.87. The highest BCUT2D eigenvalue weighted by atomic mass is 35.5. The van der Waals surface area contributed by atoms with Crippen LogP contribution >= 0.6 is 22.9 Å². The van der Waals surface area contributed by atoms with E-state index >= 15 is 0 Å². The molecule has 0 spiro atoms. The van der Waals surface area contributed by atoms with E-state index in [1.54, 1.807) is 0 Å². The molecule has 1 aromatic carbocycles. The Morgan fingerprint density at radius 2 is 2.16 bits per heavy atom. The molecule has 0 amide bonds. The Balaban J connectivity index is 1.99. The minimum absolute atomic E-state index is 0.677. The van der Waals surface area contributed by atoms with Crippen molar-refractivity contribution in [2.45, 2.75) is 45.7 Å². The van der Waals surface area contributed by atoms with E-state index in [9.17, 15) is 0 Å². The molecule has 19 heavy (non-hydrogen) atoms. The van der Waals surface area contributed by atoms with Crippen LogP contribution in [0.15, 0.2) is 18.2 Å². The van der Waals surface area contributed by atoms with Gasteiger partial charge in [-0.15, -0.1) is 11.3 Å². The molecule has 2 aromatic rings. The van der Waals surface area contributed by atoms with Crippen LogP contribution in [0.1, 0.15) is 37.1 Å². The predicted molar refractivity (Wildman–Crippen MR) is 85.2 cm³/mol. The van der Waals surface area contributed by atoms with Crippen LogP contribution in [0.5, 0.6) is 0 Å². The van der Waals surface area contributed by atoms with Gasteiger partial charge in [0.05, 0.1) is 9.72 Å². The van der Waals surface area contributed by atoms with Crippen molar-refractivity contribution in [3.05, 3.63) is 33.7 Å². The van der Waals surface area contributed by atoms with E-state index < -0.39 is 0 Å². The molecule has 0 unspecified atom stereocenters. The first-order valence-corrected chi connectivity index (χ1v) is 8.26. The number of halogens is 1. The van der Waals surface area contributed by atoms with Gasteiger partial charge in [-0.3, -0.25) is 0 Å². The standard InChI is InChI=1S/C16H20ClNS/c1-10(2)8-13-12-4-3-5-14(17)16(12)19-15(13)9-18-11-6-7-11/h3-5,10-11,18H,6-9H2,1-2H3. The van der Waals surface area contributed by atoms with Crippen molar-refractivity contribution in [1.82, 2.24) is 5.32 Å². The van der Waals surface area contributed by atoms with Gasteiger partial charge in [-0.25, -0.2) is 0 Å². The predicted octanol–water partition coefficient (Wildman–Crippen LogP) is 5.01. The summed E-state index contributed by atoms with van der Waals surface area (Å²) < 4.78 is 1.26. The second-order valence-corrected chi connectivity index (χ2v) is 7.39. The Hall–Kier alpha value is -0.570. The number of nitrogens with one attached hydrogen (secondary N) is 1. The molecule has 1 aliphatic rings. The van der Waals surface area contributed by atoms with E-state index in [-0.39, 0.29) is 0 Å². The quantitative estimate of drug-likeness (QED) is 0.817. The van der Waals surface area contributed by atoms with E-state index in [2.05, 4.69) is 31.3 Å². The summed E-state index contributed by atoms with van der Waals surface area (Å²) in [7, 11) is 0. The normalized spacial score (nSPS) is 15.6. The zero-order valence-electron chi connectivity index (χ0n) is 11.5. The van der Waals surface area contributed by atoms with Crippen molar-refractivity contribution in [2.24, 2.45) is 5.92 Å². The van der Waals surface area contributed by atoms with Gasteiger partial charge in [0.15, 0.2) is 0 Å². The van der Waals surface area contributed by atoms with Crippen molar-refractivity contribution >= 4 is 33.0 Å². The molecule has 0 aliphatic heterocycles. The van der Waals surface area contributed by atoms with Crippen molar-refractivity contribution in [3.8, 4) is 0 Å². The van der Waals surface area contributed by atoms with Gasteiger partial charge >= 0.3 is 0 Å². The summed E-state index contributed by atoms with van der Waals surface area (Å²) >= 11 is 8.21. The lowest BCUT2D eigenvalue weighted by Crippen LogP contribution is -2.15. The molecule has 3 heteroatoms. The first-order chi connectivity index (χ1) is 9.15. The van der Waals surface area contributed by atoms with E-state index in [0.29, 0.717) is 5.92 Å². The van der Waals surface area contributed by atoms with E-state index in [0.717, 1.165) is 24.0 Å². The maximum atomic E-state index is 6.34. The van der Waals surface area contributed by atoms with Gasteiger partial charge in [0.25, 0.3) is 0 Å². The van der Waals surface area contributed by atoms with E-state index in [1.807, 2.05) is 17.4 Å². The van der Waals surface area contributed by atoms with Crippen LogP contribution < -0.4 is 5.32 Å². The Bertz CT molecular complexity index is 584. The Morgan fingerprint density at radius 1 is 1.37 bits per heavy atom. The third kappa shape index (κ3) is 2.96. The smallest absolute Gasteiger partial charge is 0.0584 e. The maximum Gasteiger partial charge on any atom is 0.0584 e. The molecule has 0 bridgehead atoms. The fourth-order valence-electron chi connectivity index (χ4n) is 2.48. The van der Waals surface area contributed by atoms with Crippen LogP contribution in [-0.2, 0) is 13.0 Å². The van der Waals surface area contributed by atoms with Gasteiger partial charge in [0, 0.05) is 17.5 Å². The summed E-state index contributed by atoms with van der Waals surface area (Å²) in [5.41, 5.74) is 1.51. The average molecular weight is 294 g/mol. The molecule has 0 radical (unpaired) electrons. The van der Waals surface area contributed by atoms with Gasteiger partial charge in [-0.2, -0.15) is 0 Å². The van der Waals surface area contributed by atoms with Crippen LogP contribution in [0.4, 0.5) is 0 Å². The summed E-state index contributed by atoms with van der Waals surface area (Å²) in [6, 6.07) is 7.04. The molecular weight excluding hydrogens is 274 g/mol. The molecular formula is C16H20ClNS. The van der Waals surface area contributed by atoms with Crippen molar-refractivity contribution in [2.75, 3.05) is 0 Å². The number of rotatable bonds is 5. The molecule has 0 saturated heterocycles. The molecule has 1 aliphatic carbocycles. The molecule has 0 atom stereocenters. The molecule has 102 valence electrons. The molecule has 1 nitrogen and oxygen atoms in total. The third-order valence-corrected chi connectivity index (χ3v) is 5.30. The fourth-order valence-corrected chi connectivity index (χ4v) is 3.96. The molecule has 1 heterocycles. The minimum atomic E-state index is 0.677. The number of fused-ring (bicyclic) bond motifs is 1. The molecule has 3 rings (SSSR count). The fraction of sp³-hybridized carbons (Fsp3) is 0.500. The molecule has 1 saturated carbocycles. The van der Waals surface area contributed by atoms with Crippen molar-refractivity contribution in [1.29, 1.82) is 0 Å². The largest absolute Gasteiger partial charge is 0.309 e. The van der Waals surface area contributed by atoms with Gasteiger partial charge in [-0.1, -0.05) is 37.6 Å². The monoisotopic (exact) mass is 293 g/mol. The average Bonchev–Trinajstić information content (AvgIpc) is 3.12. The highest BCUT2D eigenvalue weighted by Gasteiger charge is 2.22. The van der Waals surface area contributed by atoms with Gasteiger partial charge < -0.3 is 5.32 Å². The highest BCUT2D eigenvalue weighted by Crippen LogP contribution is 2.37. The lowest BCUT2D eigenvalue weighted by atomic mass is 10.00. The number of hydrogen-bond donors (Lipinski definition) is 1. The first kappa shape index (κ1) is 13.4. The zero-order valence-corrected chi connectivity index (χ0v) is 13.1. The van der Waals surface area contributed by atoms with Gasteiger partial charge in [-0.05, 0) is 42.2 Å². The van der Waals surface area contributed by atoms with Crippen LogP contribution in [0.3, 0.4) is 0 Å². The SMILES string of the molecule is CC(C)Cc1c(CNC2CC2)sc2c(Cl)cccc12. The maximum absolute atomic E-state index is 6.34. The van der Waals surface area contributed by atoms with Crippen LogP contribution in [0.25, 0.3) is 10.1 Å². The lowest BCUT2D eigenvalue weighted by Gasteiger charge is -2.08. The van der Waals surface area contributed by atoms with Crippen LogP contribution in [0, 0.1) is 5.92 Å². The second kappa shape index (κ2) is 5.43. The summed E-state index contributed by atoms with van der Waals surface area (Å²) in [5.74, 6) is 0.677. The zero-order chi connectivity index (χ0) is 13.4. The summed E-state index contributed by atoms with van der Waals surface area (Å²) in [5, 5.41) is 5.89. The van der Waals surface area contributed by atoms with Crippen LogP contribution in [0.2, 0.25) is 5.02 Å². The van der Waals surface area contributed by atoms with Gasteiger partial charge in [0.1, 0.15) is 0 Å². The van der Waals surface area contributed by atoms with E-state index in [4.69, 9.17) is 11.6 Å². The van der Waals surface area contributed by atoms with Crippen molar-refractivity contribution in [3.63, 3.8) is 0 Å². The lowest BCUT2D eigenvalue weighted by molar-refractivity contribution is 0.637. The summed E-state index contributed by atoms with van der Waals surface area (Å²) in [4.78, 5) is 1.48. The third-order valence-electron chi connectivity index (χ3n) is 3.59. The summed E-state index contributed by atoms with van der Waals surface area (Å²) in [6.45, 7) is 5.57. The molecule has 1 aromatic heterocycles. The number of thiophene rings is 1. The topological polar surface area (TPSA) is 12.0 Å². The highest BCUT2D eigenvalue weighted by molar-refractivity contribution is 7.20. The molecule has 1 N–H and O–H groups in total. The Morgan fingerprint density at radius 3 is 2.84 bits per heavy atom. The first-order valence-electron chi connectivity index (χ1n) is 7.07. The van der Waals surface area contributed by atoms with E-state index in [1.165, 1.54) is 33.4 Å².